The molecule has 0 radical (unpaired) electrons. The Morgan fingerprint density at radius 2 is 1.88 bits per heavy atom. The predicted octanol–water partition coefficient (Wildman–Crippen LogP) is -0.398. The van der Waals surface area contributed by atoms with Gasteiger partial charge in [0.05, 0.1) is 0 Å². The number of aliphatic carboxylic acids is 1. The van der Waals surface area contributed by atoms with Crippen molar-refractivity contribution >= 4 is 5.97 Å². The highest BCUT2D eigenvalue weighted by atomic mass is 16.4. The molecule has 2 fully saturated rings. The first kappa shape index (κ1) is 11.8. The average Bonchev–Trinajstić information content (AvgIpc) is 3.01. The summed E-state index contributed by atoms with van der Waals surface area (Å²) in [6.07, 6.45) is 2.62. The zero-order valence-corrected chi connectivity index (χ0v) is 9.72. The van der Waals surface area contributed by atoms with Gasteiger partial charge in [-0.05, 0) is 19.8 Å². The first-order valence-corrected chi connectivity index (χ1v) is 5.91. The fraction of sp³-hybridized carbons (Fsp3) is 0.909. The number of rotatable bonds is 4. The topological polar surface area (TPSA) is 64.0 Å². The van der Waals surface area contributed by atoms with Crippen LogP contribution in [0.2, 0.25) is 0 Å². The minimum absolute atomic E-state index is 0.223. The summed E-state index contributed by atoms with van der Waals surface area (Å²) in [4.78, 5) is 15.3. The van der Waals surface area contributed by atoms with Gasteiger partial charge < -0.3 is 10.2 Å². The van der Waals surface area contributed by atoms with Crippen molar-refractivity contribution in [2.45, 2.75) is 31.4 Å². The van der Waals surface area contributed by atoms with Gasteiger partial charge in [0.15, 0.2) is 5.60 Å². The number of carboxylic acid groups (broad SMARTS) is 1. The molecule has 1 saturated heterocycles. The molecule has 1 saturated carbocycles. The summed E-state index contributed by atoms with van der Waals surface area (Å²) in [5.74, 6) is -1.14. The molecule has 1 aliphatic carbocycles. The van der Waals surface area contributed by atoms with Crippen molar-refractivity contribution in [3.8, 4) is 0 Å². The number of β-amino-alcohol motifs (C(OH)–C–C–N with tert-alkyl or cyclic N) is 1. The van der Waals surface area contributed by atoms with Gasteiger partial charge in [0.2, 0.25) is 0 Å². The Morgan fingerprint density at radius 3 is 2.31 bits per heavy atom. The van der Waals surface area contributed by atoms with E-state index in [2.05, 4.69) is 4.90 Å². The molecule has 1 heterocycles. The van der Waals surface area contributed by atoms with Crippen LogP contribution in [0.15, 0.2) is 0 Å². The number of hydrogen-bond acceptors (Lipinski definition) is 4. The van der Waals surface area contributed by atoms with Crippen molar-refractivity contribution in [1.29, 1.82) is 0 Å². The van der Waals surface area contributed by atoms with Gasteiger partial charge in [-0.2, -0.15) is 0 Å². The van der Waals surface area contributed by atoms with Crippen LogP contribution in [0.5, 0.6) is 0 Å². The molecular weight excluding hydrogens is 208 g/mol. The van der Waals surface area contributed by atoms with Crippen LogP contribution in [0.1, 0.15) is 19.8 Å². The summed E-state index contributed by atoms with van der Waals surface area (Å²) in [5, 5.41) is 18.5. The van der Waals surface area contributed by atoms with Gasteiger partial charge in [-0.15, -0.1) is 0 Å². The van der Waals surface area contributed by atoms with Gasteiger partial charge in [-0.3, -0.25) is 9.80 Å². The lowest BCUT2D eigenvalue weighted by atomic mass is 10.1. The second-order valence-corrected chi connectivity index (χ2v) is 5.12. The van der Waals surface area contributed by atoms with E-state index >= 15 is 0 Å². The van der Waals surface area contributed by atoms with Crippen LogP contribution in [0.25, 0.3) is 0 Å². The molecular formula is C11H20N2O3. The minimum atomic E-state index is -1.62. The fourth-order valence-electron chi connectivity index (χ4n) is 2.23. The van der Waals surface area contributed by atoms with Gasteiger partial charge in [0, 0.05) is 38.8 Å². The van der Waals surface area contributed by atoms with Crippen molar-refractivity contribution in [2.24, 2.45) is 0 Å². The third-order valence-electron chi connectivity index (χ3n) is 3.46. The van der Waals surface area contributed by atoms with Crippen LogP contribution in [0.4, 0.5) is 0 Å². The van der Waals surface area contributed by atoms with Gasteiger partial charge in [-0.1, -0.05) is 0 Å². The number of nitrogens with zero attached hydrogens (tertiary/aromatic N) is 2. The predicted molar refractivity (Wildman–Crippen MR) is 59.3 cm³/mol. The molecule has 1 unspecified atom stereocenters. The number of hydrogen-bond donors (Lipinski definition) is 2. The molecule has 0 aromatic carbocycles. The van der Waals surface area contributed by atoms with Crippen LogP contribution < -0.4 is 0 Å². The quantitative estimate of drug-likeness (QED) is 0.685. The third-order valence-corrected chi connectivity index (χ3v) is 3.46. The highest BCUT2D eigenvalue weighted by Gasteiger charge is 2.35. The molecule has 2 rings (SSSR count). The molecule has 0 spiro atoms. The van der Waals surface area contributed by atoms with Gasteiger partial charge in [0.25, 0.3) is 0 Å². The Bertz CT molecular complexity index is 268. The van der Waals surface area contributed by atoms with Crippen LogP contribution in [-0.4, -0.2) is 70.3 Å². The highest BCUT2D eigenvalue weighted by molar-refractivity contribution is 5.76. The van der Waals surface area contributed by atoms with Crippen LogP contribution in [0, 0.1) is 0 Å². The Balaban J connectivity index is 1.78. The lowest BCUT2D eigenvalue weighted by Crippen LogP contribution is -2.53. The zero-order chi connectivity index (χ0) is 11.8. The van der Waals surface area contributed by atoms with E-state index in [4.69, 9.17) is 5.11 Å². The first-order valence-electron chi connectivity index (χ1n) is 5.91. The van der Waals surface area contributed by atoms with E-state index in [1.807, 2.05) is 4.90 Å². The second-order valence-electron chi connectivity index (χ2n) is 5.12. The molecule has 2 N–H and O–H groups in total. The molecule has 5 nitrogen and oxygen atoms in total. The summed E-state index contributed by atoms with van der Waals surface area (Å²) in [7, 11) is 0. The number of carbonyl (C=O) groups is 1. The van der Waals surface area contributed by atoms with Gasteiger partial charge in [0.1, 0.15) is 0 Å². The molecule has 16 heavy (non-hydrogen) atoms. The summed E-state index contributed by atoms with van der Waals surface area (Å²) in [5.41, 5.74) is -1.62. The van der Waals surface area contributed by atoms with Crippen molar-refractivity contribution < 1.29 is 15.0 Å². The number of piperazine rings is 1. The average molecular weight is 228 g/mol. The monoisotopic (exact) mass is 228 g/mol. The van der Waals surface area contributed by atoms with E-state index in [-0.39, 0.29) is 6.54 Å². The highest BCUT2D eigenvalue weighted by Crippen LogP contribution is 2.27. The summed E-state index contributed by atoms with van der Waals surface area (Å²) >= 11 is 0. The summed E-state index contributed by atoms with van der Waals surface area (Å²) in [6, 6.07) is 0.780. The zero-order valence-electron chi connectivity index (χ0n) is 9.72. The normalized spacial score (nSPS) is 27.6. The van der Waals surface area contributed by atoms with E-state index in [1.54, 1.807) is 0 Å². The molecule has 0 aromatic heterocycles. The molecule has 0 aromatic rings. The largest absolute Gasteiger partial charge is 0.479 e. The summed E-state index contributed by atoms with van der Waals surface area (Å²) < 4.78 is 0. The van der Waals surface area contributed by atoms with Crippen molar-refractivity contribution in [3.05, 3.63) is 0 Å². The lowest BCUT2D eigenvalue weighted by molar-refractivity contribution is -0.158. The molecule has 0 amide bonds. The first-order chi connectivity index (χ1) is 7.49. The van der Waals surface area contributed by atoms with Crippen LogP contribution in [-0.2, 0) is 4.79 Å². The van der Waals surface area contributed by atoms with E-state index in [0.29, 0.717) is 0 Å². The van der Waals surface area contributed by atoms with Crippen molar-refractivity contribution in [3.63, 3.8) is 0 Å². The maximum Gasteiger partial charge on any atom is 0.336 e. The second kappa shape index (κ2) is 4.31. The maximum absolute atomic E-state index is 10.8. The Kier molecular flexibility index (Phi) is 3.19. The standard InChI is InChI=1S/C11H20N2O3/c1-11(16,10(14)15)8-12-4-6-13(7-5-12)9-2-3-9/h9,16H,2-8H2,1H3,(H,14,15). The van der Waals surface area contributed by atoms with E-state index < -0.39 is 11.6 Å². The fourth-order valence-corrected chi connectivity index (χ4v) is 2.23. The molecule has 5 heteroatoms. The smallest absolute Gasteiger partial charge is 0.336 e. The molecule has 1 atom stereocenters. The lowest BCUT2D eigenvalue weighted by Gasteiger charge is -2.37. The molecule has 92 valence electrons. The van der Waals surface area contributed by atoms with E-state index in [1.165, 1.54) is 19.8 Å². The van der Waals surface area contributed by atoms with Gasteiger partial charge >= 0.3 is 5.97 Å². The Labute approximate surface area is 95.6 Å². The van der Waals surface area contributed by atoms with Crippen molar-refractivity contribution in [1.82, 2.24) is 9.80 Å². The van der Waals surface area contributed by atoms with Gasteiger partial charge in [-0.25, -0.2) is 4.79 Å². The number of carboxylic acids is 1. The maximum atomic E-state index is 10.8. The Morgan fingerprint density at radius 1 is 1.31 bits per heavy atom. The molecule has 0 bridgehead atoms. The number of aliphatic hydroxyl groups is 1. The van der Waals surface area contributed by atoms with E-state index in [9.17, 15) is 9.90 Å². The van der Waals surface area contributed by atoms with Crippen LogP contribution in [0.3, 0.4) is 0 Å². The molecule has 2 aliphatic rings. The van der Waals surface area contributed by atoms with Crippen molar-refractivity contribution in [2.75, 3.05) is 32.7 Å². The van der Waals surface area contributed by atoms with E-state index in [0.717, 1.165) is 32.2 Å². The summed E-state index contributed by atoms with van der Waals surface area (Å²) in [6.45, 7) is 5.31. The minimum Gasteiger partial charge on any atom is -0.479 e. The molecule has 1 aliphatic heterocycles. The van der Waals surface area contributed by atoms with Crippen LogP contribution >= 0.6 is 0 Å². The third kappa shape index (κ3) is 2.72. The Hall–Kier alpha value is -0.650. The SMILES string of the molecule is CC(O)(CN1CCN(C2CC2)CC1)C(=O)O.